The highest BCUT2D eigenvalue weighted by Gasteiger charge is 2.16. The predicted molar refractivity (Wildman–Crippen MR) is 53.6 cm³/mol. The van der Waals surface area contributed by atoms with Crippen LogP contribution < -0.4 is 5.32 Å². The largest absolute Gasteiger partial charge is 0.388 e. The maximum atomic E-state index is 12.7. The molecular weight excluding hydrogens is 183 g/mol. The van der Waals surface area contributed by atoms with E-state index in [9.17, 15) is 9.50 Å². The van der Waals surface area contributed by atoms with Gasteiger partial charge in [0.25, 0.3) is 0 Å². The van der Waals surface area contributed by atoms with E-state index in [1.54, 1.807) is 13.0 Å². The first-order valence-electron chi connectivity index (χ1n) is 4.61. The molecule has 3 nitrogen and oxygen atoms in total. The molecule has 1 atom stereocenters. The van der Waals surface area contributed by atoms with Crippen molar-refractivity contribution in [2.24, 2.45) is 0 Å². The Hall–Kier alpha value is -1.16. The summed E-state index contributed by atoms with van der Waals surface area (Å²) in [6.07, 6.45) is 2.03. The molecule has 0 bridgehead atoms. The Balaban J connectivity index is 2.54. The van der Waals surface area contributed by atoms with Gasteiger partial charge in [0, 0.05) is 24.5 Å². The van der Waals surface area contributed by atoms with E-state index in [0.29, 0.717) is 18.7 Å². The van der Waals surface area contributed by atoms with Gasteiger partial charge in [-0.05, 0) is 19.4 Å². The lowest BCUT2D eigenvalue weighted by Gasteiger charge is -2.22. The number of aromatic nitrogens is 1. The molecule has 0 amide bonds. The van der Waals surface area contributed by atoms with Gasteiger partial charge in [-0.2, -0.15) is 4.39 Å². The minimum absolute atomic E-state index is 0.396. The molecule has 0 aliphatic carbocycles. The molecule has 0 aromatic carbocycles. The molecule has 78 valence electrons. The van der Waals surface area contributed by atoms with Crippen LogP contribution in [0.3, 0.4) is 0 Å². The predicted octanol–water partition coefficient (Wildman–Crippen LogP) is 1.79. The minimum atomic E-state index is -0.764. The summed E-state index contributed by atoms with van der Waals surface area (Å²) in [5.74, 6) is -0.522. The molecule has 0 aliphatic heterocycles. The minimum Gasteiger partial charge on any atom is -0.388 e. The summed E-state index contributed by atoms with van der Waals surface area (Å²) in [5, 5.41) is 12.6. The molecule has 1 rings (SSSR count). The highest BCUT2D eigenvalue weighted by molar-refractivity contribution is 5.41. The number of nitrogens with zero attached hydrogens (tertiary/aromatic N) is 1. The van der Waals surface area contributed by atoms with Crippen molar-refractivity contribution in [3.8, 4) is 0 Å². The van der Waals surface area contributed by atoms with Crippen LogP contribution >= 0.6 is 0 Å². The second-order valence-electron chi connectivity index (χ2n) is 3.57. The number of nitrogens with one attached hydrogen (secondary N) is 1. The lowest BCUT2D eigenvalue weighted by Crippen LogP contribution is -2.32. The van der Waals surface area contributed by atoms with Crippen molar-refractivity contribution in [2.75, 3.05) is 11.9 Å². The highest BCUT2D eigenvalue weighted by Crippen LogP contribution is 2.12. The number of hydrogen-bond donors (Lipinski definition) is 2. The van der Waals surface area contributed by atoms with Crippen LogP contribution in [0.1, 0.15) is 20.3 Å². The van der Waals surface area contributed by atoms with Gasteiger partial charge >= 0.3 is 0 Å². The van der Waals surface area contributed by atoms with E-state index in [1.807, 2.05) is 6.92 Å². The SMILES string of the molecule is CCC(C)(O)CNc1ccnc(F)c1. The van der Waals surface area contributed by atoms with Crippen LogP contribution in [-0.2, 0) is 0 Å². The molecule has 4 heteroatoms. The third kappa shape index (κ3) is 3.30. The Morgan fingerprint density at radius 3 is 2.93 bits per heavy atom. The van der Waals surface area contributed by atoms with E-state index in [-0.39, 0.29) is 0 Å². The number of rotatable bonds is 4. The summed E-state index contributed by atoms with van der Waals surface area (Å²) in [6.45, 7) is 4.03. The standard InChI is InChI=1S/C10H15FN2O/c1-3-10(2,14)7-13-8-4-5-12-9(11)6-8/h4-6,14H,3,7H2,1-2H3,(H,12,13). The van der Waals surface area contributed by atoms with Crippen LogP contribution in [0.25, 0.3) is 0 Å². The number of halogens is 1. The lowest BCUT2D eigenvalue weighted by atomic mass is 10.0. The first-order valence-corrected chi connectivity index (χ1v) is 4.61. The van der Waals surface area contributed by atoms with Crippen molar-refractivity contribution < 1.29 is 9.50 Å². The van der Waals surface area contributed by atoms with Crippen LogP contribution in [-0.4, -0.2) is 22.2 Å². The molecule has 2 N–H and O–H groups in total. The monoisotopic (exact) mass is 198 g/mol. The van der Waals surface area contributed by atoms with Crippen molar-refractivity contribution in [1.82, 2.24) is 4.98 Å². The first-order chi connectivity index (χ1) is 6.53. The van der Waals surface area contributed by atoms with Gasteiger partial charge in [-0.15, -0.1) is 0 Å². The Morgan fingerprint density at radius 2 is 2.36 bits per heavy atom. The number of aliphatic hydroxyl groups is 1. The average Bonchev–Trinajstić information content (AvgIpc) is 2.15. The molecule has 1 aromatic rings. The lowest BCUT2D eigenvalue weighted by molar-refractivity contribution is 0.0697. The van der Waals surface area contributed by atoms with Gasteiger partial charge < -0.3 is 10.4 Å². The third-order valence-electron chi connectivity index (χ3n) is 2.16. The molecule has 1 aromatic heterocycles. The molecule has 1 heterocycles. The van der Waals surface area contributed by atoms with Crippen molar-refractivity contribution >= 4 is 5.69 Å². The Bertz CT molecular complexity index is 302. The van der Waals surface area contributed by atoms with Crippen molar-refractivity contribution in [2.45, 2.75) is 25.9 Å². The smallest absolute Gasteiger partial charge is 0.214 e. The fraction of sp³-hybridized carbons (Fsp3) is 0.500. The quantitative estimate of drug-likeness (QED) is 0.725. The fourth-order valence-electron chi connectivity index (χ4n) is 0.930. The van der Waals surface area contributed by atoms with Crippen molar-refractivity contribution in [3.05, 3.63) is 24.3 Å². The second-order valence-corrected chi connectivity index (χ2v) is 3.57. The average molecular weight is 198 g/mol. The van der Waals surface area contributed by atoms with Gasteiger partial charge in [0.1, 0.15) is 0 Å². The Kier molecular flexibility index (Phi) is 3.41. The van der Waals surface area contributed by atoms with Gasteiger partial charge in [0.15, 0.2) is 0 Å². The number of anilines is 1. The molecule has 0 aliphatic rings. The van der Waals surface area contributed by atoms with Crippen molar-refractivity contribution in [1.29, 1.82) is 0 Å². The van der Waals surface area contributed by atoms with E-state index < -0.39 is 11.5 Å². The Morgan fingerprint density at radius 1 is 1.64 bits per heavy atom. The summed E-state index contributed by atoms with van der Waals surface area (Å²) < 4.78 is 12.7. The normalized spacial score (nSPS) is 14.9. The topological polar surface area (TPSA) is 45.1 Å². The van der Waals surface area contributed by atoms with E-state index in [2.05, 4.69) is 10.3 Å². The summed E-state index contributed by atoms with van der Waals surface area (Å²) in [6, 6.07) is 2.96. The van der Waals surface area contributed by atoms with Gasteiger partial charge in [-0.25, -0.2) is 4.98 Å². The zero-order chi connectivity index (χ0) is 10.6. The van der Waals surface area contributed by atoms with Gasteiger partial charge in [0.05, 0.1) is 5.60 Å². The van der Waals surface area contributed by atoms with Crippen LogP contribution in [0.15, 0.2) is 18.3 Å². The fourth-order valence-corrected chi connectivity index (χ4v) is 0.930. The molecular formula is C10H15FN2O. The van der Waals surface area contributed by atoms with Crippen molar-refractivity contribution in [3.63, 3.8) is 0 Å². The van der Waals surface area contributed by atoms with Gasteiger partial charge in [-0.1, -0.05) is 6.92 Å². The first kappa shape index (κ1) is 10.9. The van der Waals surface area contributed by atoms with Gasteiger partial charge in [0.2, 0.25) is 5.95 Å². The molecule has 0 saturated heterocycles. The van der Waals surface area contributed by atoms with E-state index >= 15 is 0 Å². The summed E-state index contributed by atoms with van der Waals surface area (Å²) in [7, 11) is 0. The maximum Gasteiger partial charge on any atom is 0.214 e. The number of hydrogen-bond acceptors (Lipinski definition) is 3. The molecule has 0 radical (unpaired) electrons. The molecule has 14 heavy (non-hydrogen) atoms. The molecule has 0 spiro atoms. The third-order valence-corrected chi connectivity index (χ3v) is 2.16. The van der Waals surface area contributed by atoms with E-state index in [4.69, 9.17) is 0 Å². The summed E-state index contributed by atoms with van der Waals surface area (Å²) in [5.41, 5.74) is -0.133. The molecule has 0 fully saturated rings. The molecule has 0 saturated carbocycles. The molecule has 1 unspecified atom stereocenters. The Labute approximate surface area is 83.0 Å². The van der Waals surface area contributed by atoms with E-state index in [0.717, 1.165) is 0 Å². The van der Waals surface area contributed by atoms with E-state index in [1.165, 1.54) is 12.3 Å². The van der Waals surface area contributed by atoms with Crippen LogP contribution in [0.4, 0.5) is 10.1 Å². The van der Waals surface area contributed by atoms with Gasteiger partial charge in [-0.3, -0.25) is 0 Å². The van der Waals surface area contributed by atoms with Crippen LogP contribution in [0.2, 0.25) is 0 Å². The summed E-state index contributed by atoms with van der Waals surface area (Å²) >= 11 is 0. The zero-order valence-electron chi connectivity index (χ0n) is 8.42. The zero-order valence-corrected chi connectivity index (χ0v) is 8.42. The number of pyridine rings is 1. The summed E-state index contributed by atoms with van der Waals surface area (Å²) in [4.78, 5) is 3.44. The second kappa shape index (κ2) is 4.37. The van der Waals surface area contributed by atoms with Crippen LogP contribution in [0, 0.1) is 5.95 Å². The maximum absolute atomic E-state index is 12.7. The van der Waals surface area contributed by atoms with Crippen LogP contribution in [0.5, 0.6) is 0 Å². The highest BCUT2D eigenvalue weighted by atomic mass is 19.1.